The molecule has 0 bridgehead atoms. The summed E-state index contributed by atoms with van der Waals surface area (Å²) in [6, 6.07) is 19.9. The molecule has 5 aromatic rings. The SMILES string of the molecule is CCOc1ccc(C(C)Cl)cc1NC(=O)c1cc(N=NC(C(C)=O)C(=O)Nc2ccc(NC(=O)C(N=Nc3ccc(Cl)c(C(=O)Nc4cc(C(C)Cl)ccc4OCC)c3)C(C)=O)c(CCl)c2)ccc1Cl. The number of ketones is 2. The van der Waals surface area contributed by atoms with Crippen molar-refractivity contribution in [3.8, 4) is 11.5 Å². The summed E-state index contributed by atoms with van der Waals surface area (Å²) < 4.78 is 11.3. The van der Waals surface area contributed by atoms with Gasteiger partial charge < -0.3 is 30.7 Å². The summed E-state index contributed by atoms with van der Waals surface area (Å²) in [7, 11) is 0. The summed E-state index contributed by atoms with van der Waals surface area (Å²) in [6.07, 6.45) is 0. The summed E-state index contributed by atoms with van der Waals surface area (Å²) in [4.78, 5) is 79.2. The first-order valence-electron chi connectivity index (χ1n) is 21.5. The highest BCUT2D eigenvalue weighted by molar-refractivity contribution is 6.35. The van der Waals surface area contributed by atoms with Crippen molar-refractivity contribution in [2.24, 2.45) is 20.5 Å². The molecule has 0 aromatic heterocycles. The van der Waals surface area contributed by atoms with Gasteiger partial charge in [-0.3, -0.25) is 28.8 Å². The number of ether oxygens (including phenoxy) is 2. The topological polar surface area (TPSA) is 218 Å². The smallest absolute Gasteiger partial charge is 0.258 e. The molecule has 5 aromatic carbocycles. The van der Waals surface area contributed by atoms with E-state index in [4.69, 9.17) is 67.5 Å². The maximum Gasteiger partial charge on any atom is 0.258 e. The van der Waals surface area contributed by atoms with Crippen molar-refractivity contribution in [1.29, 1.82) is 0 Å². The maximum atomic E-state index is 13.5. The second-order valence-corrected chi connectivity index (χ2v) is 17.7. The van der Waals surface area contributed by atoms with Crippen LogP contribution in [0.3, 0.4) is 0 Å². The molecule has 4 amide bonds. The van der Waals surface area contributed by atoms with Crippen molar-refractivity contribution >= 4 is 127 Å². The summed E-state index contributed by atoms with van der Waals surface area (Å²) >= 11 is 31.6. The van der Waals surface area contributed by atoms with Crippen LogP contribution in [0, 0.1) is 0 Å². The molecule has 4 N–H and O–H groups in total. The van der Waals surface area contributed by atoms with Crippen molar-refractivity contribution < 1.29 is 38.2 Å². The average Bonchev–Trinajstić information content (AvgIpc) is 3.31. The third-order valence-electron chi connectivity index (χ3n) is 10.0. The molecule has 0 heterocycles. The lowest BCUT2D eigenvalue weighted by Crippen LogP contribution is -2.32. The standard InChI is InChI=1S/C49H47Cl5N8O8/c1-7-69-42-17-9-29(25(3)51)20-40(42)57-46(65)35-22-33(11-14-37(35)53)59-61-44(27(5)63)48(67)55-32-13-16-39(31(19-32)24-50)56-49(68)45(28(6)64)62-60-34-12-15-38(54)36(23-34)47(66)58-41-21-30(26(4)52)10-18-43(41)70-8-2/h9-23,25-26,44-45H,7-8,24H2,1-6H3,(H,55,67)(H,56,68)(H,57,65)(H,58,66). The summed E-state index contributed by atoms with van der Waals surface area (Å²) in [5.41, 5.74) is 3.22. The van der Waals surface area contributed by atoms with Gasteiger partial charge in [-0.2, -0.15) is 20.5 Å². The van der Waals surface area contributed by atoms with Gasteiger partial charge in [-0.15, -0.1) is 34.8 Å². The number of alkyl halides is 3. The molecule has 0 radical (unpaired) electrons. The maximum absolute atomic E-state index is 13.5. The van der Waals surface area contributed by atoms with Crippen molar-refractivity contribution in [3.05, 3.63) is 129 Å². The number of nitrogens with zero attached hydrogens (tertiary/aromatic N) is 4. The number of halogens is 5. The Bertz CT molecular complexity index is 2860. The first-order chi connectivity index (χ1) is 33.3. The van der Waals surface area contributed by atoms with E-state index in [2.05, 4.69) is 41.7 Å². The van der Waals surface area contributed by atoms with Crippen molar-refractivity contribution in [1.82, 2.24) is 0 Å². The molecule has 16 nitrogen and oxygen atoms in total. The molecular formula is C49H47Cl5N8O8. The first kappa shape index (κ1) is 54.5. The van der Waals surface area contributed by atoms with Crippen LogP contribution in [-0.2, 0) is 25.1 Å². The van der Waals surface area contributed by atoms with E-state index in [-0.39, 0.29) is 60.6 Å². The van der Waals surface area contributed by atoms with E-state index >= 15 is 0 Å². The second kappa shape index (κ2) is 25.4. The Kier molecular flexibility index (Phi) is 19.8. The summed E-state index contributed by atoms with van der Waals surface area (Å²) in [5, 5.41) is 26.5. The van der Waals surface area contributed by atoms with Gasteiger partial charge in [0, 0.05) is 17.3 Å². The van der Waals surface area contributed by atoms with Gasteiger partial charge in [-0.25, -0.2) is 0 Å². The Morgan fingerprint density at radius 3 is 1.40 bits per heavy atom. The Hall–Kier alpha value is -6.43. The molecule has 5 rings (SSSR count). The number of anilines is 4. The lowest BCUT2D eigenvalue weighted by molar-refractivity contribution is -0.127. The van der Waals surface area contributed by atoms with Crippen molar-refractivity contribution in [2.75, 3.05) is 34.5 Å². The van der Waals surface area contributed by atoms with E-state index < -0.39 is 47.3 Å². The lowest BCUT2D eigenvalue weighted by atomic mass is 10.1. The number of azo groups is 2. The van der Waals surface area contributed by atoms with Crippen LogP contribution in [0.1, 0.15) is 89.7 Å². The number of carbonyl (C=O) groups excluding carboxylic acids is 6. The molecule has 70 heavy (non-hydrogen) atoms. The van der Waals surface area contributed by atoms with E-state index in [0.29, 0.717) is 41.7 Å². The number of rotatable bonds is 21. The van der Waals surface area contributed by atoms with E-state index in [1.807, 2.05) is 0 Å². The fourth-order valence-corrected chi connectivity index (χ4v) is 7.33. The van der Waals surface area contributed by atoms with Gasteiger partial charge in [0.15, 0.2) is 11.6 Å². The minimum absolute atomic E-state index is 0.0281. The fraction of sp³-hybridized carbons (Fsp3) is 0.265. The molecule has 0 aliphatic carbocycles. The number of amides is 4. The van der Waals surface area contributed by atoms with Crippen LogP contribution in [0.15, 0.2) is 111 Å². The van der Waals surface area contributed by atoms with Crippen LogP contribution in [0.5, 0.6) is 11.5 Å². The predicted molar refractivity (Wildman–Crippen MR) is 274 cm³/mol. The molecule has 4 atom stereocenters. The largest absolute Gasteiger partial charge is 0.492 e. The summed E-state index contributed by atoms with van der Waals surface area (Å²) in [6.45, 7) is 10.2. The average molecular weight is 1050 g/mol. The molecule has 0 saturated heterocycles. The highest BCUT2D eigenvalue weighted by Gasteiger charge is 2.27. The molecule has 0 saturated carbocycles. The van der Waals surface area contributed by atoms with E-state index in [1.165, 1.54) is 54.6 Å². The zero-order valence-corrected chi connectivity index (χ0v) is 42.3. The zero-order chi connectivity index (χ0) is 51.2. The number of benzene rings is 5. The number of Topliss-reactive ketones (excluding diaryl/α,β-unsaturated/α-hetero) is 2. The normalized spacial score (nSPS) is 13.0. The molecule has 0 aliphatic heterocycles. The highest BCUT2D eigenvalue weighted by atomic mass is 35.5. The molecule has 4 unspecified atom stereocenters. The Balaban J connectivity index is 1.27. The quantitative estimate of drug-likeness (QED) is 0.0314. The summed E-state index contributed by atoms with van der Waals surface area (Å²) in [5.74, 6) is -3.49. The van der Waals surface area contributed by atoms with Crippen LogP contribution in [-0.4, -0.2) is 60.5 Å². The zero-order valence-electron chi connectivity index (χ0n) is 38.5. The van der Waals surface area contributed by atoms with Crippen molar-refractivity contribution in [2.45, 2.75) is 70.3 Å². The monoisotopic (exact) mass is 1050 g/mol. The molecule has 0 spiro atoms. The number of hydrogen-bond donors (Lipinski definition) is 4. The number of carbonyl (C=O) groups is 6. The minimum atomic E-state index is -1.62. The second-order valence-electron chi connectivity index (χ2n) is 15.3. The highest BCUT2D eigenvalue weighted by Crippen LogP contribution is 2.34. The van der Waals surface area contributed by atoms with Gasteiger partial charge in [0.05, 0.1) is 67.9 Å². The number of hydrogen-bond acceptors (Lipinski definition) is 12. The van der Waals surface area contributed by atoms with Crippen LogP contribution in [0.25, 0.3) is 0 Å². The van der Waals surface area contributed by atoms with E-state index in [0.717, 1.165) is 25.0 Å². The van der Waals surface area contributed by atoms with E-state index in [9.17, 15) is 28.8 Å². The van der Waals surface area contributed by atoms with Crippen molar-refractivity contribution in [3.63, 3.8) is 0 Å². The van der Waals surface area contributed by atoms with Gasteiger partial charge in [0.1, 0.15) is 11.5 Å². The Morgan fingerprint density at radius 2 is 1.00 bits per heavy atom. The van der Waals surface area contributed by atoms with Gasteiger partial charge in [0.25, 0.3) is 23.6 Å². The fourth-order valence-electron chi connectivity index (χ4n) is 6.43. The lowest BCUT2D eigenvalue weighted by Gasteiger charge is -2.15. The van der Waals surface area contributed by atoms with Gasteiger partial charge in [-0.1, -0.05) is 35.3 Å². The molecular weight excluding hydrogens is 1010 g/mol. The third-order valence-corrected chi connectivity index (χ3v) is 11.5. The number of nitrogens with one attached hydrogen (secondary N) is 4. The third kappa shape index (κ3) is 14.6. The van der Waals surface area contributed by atoms with E-state index in [1.54, 1.807) is 64.1 Å². The minimum Gasteiger partial charge on any atom is -0.492 e. The first-order valence-corrected chi connectivity index (χ1v) is 23.7. The van der Waals surface area contributed by atoms with Gasteiger partial charge in [-0.05, 0) is 137 Å². The molecule has 0 aliphatic rings. The molecule has 21 heteroatoms. The van der Waals surface area contributed by atoms with Crippen LogP contribution >= 0.6 is 58.0 Å². The van der Waals surface area contributed by atoms with Gasteiger partial charge in [0.2, 0.25) is 12.1 Å². The Labute approximate surface area is 428 Å². The molecule has 366 valence electrons. The van der Waals surface area contributed by atoms with Crippen LogP contribution in [0.2, 0.25) is 10.0 Å². The predicted octanol–water partition coefficient (Wildman–Crippen LogP) is 13.0. The Morgan fingerprint density at radius 1 is 0.557 bits per heavy atom. The molecule has 0 fully saturated rings. The van der Waals surface area contributed by atoms with Gasteiger partial charge >= 0.3 is 0 Å². The van der Waals surface area contributed by atoms with Crippen LogP contribution < -0.4 is 30.7 Å². The van der Waals surface area contributed by atoms with Crippen LogP contribution in [0.4, 0.5) is 34.1 Å².